The molecule has 28 heavy (non-hydrogen) atoms. The lowest BCUT2D eigenvalue weighted by atomic mass is 10.4. The Labute approximate surface area is 164 Å². The highest BCUT2D eigenvalue weighted by molar-refractivity contribution is 7.79. The molecule has 3 rings (SSSR count). The van der Waals surface area contributed by atoms with Crippen molar-refractivity contribution in [2.45, 2.75) is 0 Å². The van der Waals surface area contributed by atoms with Gasteiger partial charge in [0.1, 0.15) is 0 Å². The van der Waals surface area contributed by atoms with Gasteiger partial charge in [0, 0.05) is 0 Å². The van der Waals surface area contributed by atoms with Crippen molar-refractivity contribution in [3.63, 3.8) is 0 Å². The molecule has 0 aliphatic heterocycles. The van der Waals surface area contributed by atoms with E-state index in [0.29, 0.717) is 0 Å². The van der Waals surface area contributed by atoms with E-state index in [9.17, 15) is 0 Å². The summed E-state index contributed by atoms with van der Waals surface area (Å²) in [5.74, 6) is 0. The SMILES string of the molecule is N=C=O.N=C=O.N=C=O.c1ccc(P(c2ccccc2)c2ccccc2)cc1. The topological polar surface area (TPSA) is 123 Å². The fourth-order valence-corrected chi connectivity index (χ4v) is 4.48. The van der Waals surface area contributed by atoms with E-state index in [1.807, 2.05) is 0 Å². The minimum absolute atomic E-state index is 0.446. The van der Waals surface area contributed by atoms with Crippen LogP contribution in [0.4, 0.5) is 0 Å². The molecule has 0 aliphatic rings. The number of benzene rings is 3. The Hall–Kier alpha value is -3.77. The van der Waals surface area contributed by atoms with Crippen molar-refractivity contribution in [3.8, 4) is 0 Å². The molecule has 0 radical (unpaired) electrons. The zero-order valence-electron chi connectivity index (χ0n) is 14.8. The Morgan fingerprint density at radius 2 is 0.643 bits per heavy atom. The Kier molecular flexibility index (Phi) is 14.4. The number of hydrogen-bond acceptors (Lipinski definition) is 6. The monoisotopic (exact) mass is 391 g/mol. The van der Waals surface area contributed by atoms with Gasteiger partial charge in [-0.3, -0.25) is 0 Å². The summed E-state index contributed by atoms with van der Waals surface area (Å²) < 4.78 is 0. The van der Waals surface area contributed by atoms with Gasteiger partial charge >= 0.3 is 0 Å². The lowest BCUT2D eigenvalue weighted by Gasteiger charge is -2.18. The molecule has 0 bridgehead atoms. The van der Waals surface area contributed by atoms with Crippen LogP contribution in [-0.2, 0) is 14.4 Å². The van der Waals surface area contributed by atoms with E-state index < -0.39 is 7.92 Å². The van der Waals surface area contributed by atoms with Gasteiger partial charge in [0.05, 0.1) is 0 Å². The first-order valence-electron chi connectivity index (χ1n) is 7.77. The predicted molar refractivity (Wildman–Crippen MR) is 110 cm³/mol. The van der Waals surface area contributed by atoms with Crippen LogP contribution >= 0.6 is 7.92 Å². The molecule has 0 spiro atoms. The molecule has 7 heteroatoms. The summed E-state index contributed by atoms with van der Waals surface area (Å²) in [7, 11) is -0.446. The molecule has 0 aliphatic carbocycles. The fraction of sp³-hybridized carbons (Fsp3) is 0. The second kappa shape index (κ2) is 16.7. The first-order valence-corrected chi connectivity index (χ1v) is 9.11. The van der Waals surface area contributed by atoms with Crippen LogP contribution in [0.3, 0.4) is 0 Å². The number of isocyanates is 3. The van der Waals surface area contributed by atoms with Gasteiger partial charge in [-0.2, -0.15) is 0 Å². The summed E-state index contributed by atoms with van der Waals surface area (Å²) in [5.41, 5.74) is 0. The molecule has 3 aromatic rings. The van der Waals surface area contributed by atoms with Gasteiger partial charge < -0.3 is 0 Å². The second-order valence-electron chi connectivity index (χ2n) is 4.65. The van der Waals surface area contributed by atoms with Crippen LogP contribution in [0, 0.1) is 16.2 Å². The maximum absolute atomic E-state index is 8.35. The molecule has 0 saturated carbocycles. The van der Waals surface area contributed by atoms with Gasteiger partial charge in [-0.25, -0.2) is 30.6 Å². The van der Waals surface area contributed by atoms with Crippen LogP contribution in [0.15, 0.2) is 91.0 Å². The Morgan fingerprint density at radius 3 is 0.821 bits per heavy atom. The molecule has 140 valence electrons. The smallest absolute Gasteiger partial charge is 0.222 e. The normalized spacial score (nSPS) is 8.04. The lowest BCUT2D eigenvalue weighted by molar-refractivity contribution is 0.562. The van der Waals surface area contributed by atoms with Crippen LogP contribution < -0.4 is 15.9 Å². The van der Waals surface area contributed by atoms with E-state index in [1.165, 1.54) is 15.9 Å². The zero-order chi connectivity index (χ0) is 21.0. The highest BCUT2D eigenvalue weighted by Gasteiger charge is 2.14. The third kappa shape index (κ3) is 9.65. The molecule has 0 aromatic heterocycles. The molecule has 3 aromatic carbocycles. The Balaban J connectivity index is 0.000000695. The number of rotatable bonds is 3. The van der Waals surface area contributed by atoms with Crippen LogP contribution in [0.2, 0.25) is 0 Å². The minimum Gasteiger partial charge on any atom is -0.222 e. The van der Waals surface area contributed by atoms with Crippen molar-refractivity contribution in [1.29, 1.82) is 16.2 Å². The minimum atomic E-state index is -0.446. The molecule has 0 heterocycles. The first-order chi connectivity index (χ1) is 13.7. The number of carbonyl (C=O) groups excluding carboxylic acids is 3. The highest BCUT2D eigenvalue weighted by Crippen LogP contribution is 2.32. The van der Waals surface area contributed by atoms with Crippen LogP contribution in [0.25, 0.3) is 0 Å². The third-order valence-electron chi connectivity index (χ3n) is 3.04. The quantitative estimate of drug-likeness (QED) is 0.361. The second-order valence-corrected chi connectivity index (χ2v) is 6.87. The van der Waals surface area contributed by atoms with Crippen molar-refractivity contribution in [3.05, 3.63) is 91.0 Å². The molecule has 0 atom stereocenters. The molecule has 6 nitrogen and oxygen atoms in total. The number of hydrogen-bond donors (Lipinski definition) is 3. The van der Waals surface area contributed by atoms with Crippen LogP contribution in [0.1, 0.15) is 0 Å². The van der Waals surface area contributed by atoms with Gasteiger partial charge in [-0.15, -0.1) is 0 Å². The van der Waals surface area contributed by atoms with Crippen LogP contribution in [-0.4, -0.2) is 18.2 Å². The molecule has 0 unspecified atom stereocenters. The zero-order valence-corrected chi connectivity index (χ0v) is 15.7. The van der Waals surface area contributed by atoms with E-state index in [2.05, 4.69) is 91.0 Å². The summed E-state index contributed by atoms with van der Waals surface area (Å²) in [6.07, 6.45) is 2.25. The van der Waals surface area contributed by atoms with E-state index in [0.717, 1.165) is 18.2 Å². The number of nitrogens with one attached hydrogen (secondary N) is 3. The molecular weight excluding hydrogens is 373 g/mol. The molecule has 0 saturated heterocycles. The summed E-state index contributed by atoms with van der Waals surface area (Å²) >= 11 is 0. The standard InChI is InChI=1S/C18H15P.3CHNO/c1-4-10-16(11-5-1)19(17-12-6-2-7-13-17)18-14-8-3-9-15-18;3*2-1-3/h1-15H;3*2H. The van der Waals surface area contributed by atoms with Crippen molar-refractivity contribution in [2.75, 3.05) is 0 Å². The molecule has 0 amide bonds. The largest absolute Gasteiger partial charge is 0.231 e. The fourth-order valence-electron chi connectivity index (χ4n) is 2.18. The van der Waals surface area contributed by atoms with E-state index in [-0.39, 0.29) is 0 Å². The van der Waals surface area contributed by atoms with E-state index in [4.69, 9.17) is 30.6 Å². The van der Waals surface area contributed by atoms with Gasteiger partial charge in [0.2, 0.25) is 18.2 Å². The van der Waals surface area contributed by atoms with Gasteiger partial charge in [-0.1, -0.05) is 91.0 Å². The summed E-state index contributed by atoms with van der Waals surface area (Å²) in [6, 6.07) is 32.3. The predicted octanol–water partition coefficient (Wildman–Crippen LogP) is 3.15. The molecule has 3 N–H and O–H groups in total. The third-order valence-corrected chi connectivity index (χ3v) is 5.49. The first kappa shape index (κ1) is 24.2. The van der Waals surface area contributed by atoms with Crippen molar-refractivity contribution < 1.29 is 14.4 Å². The van der Waals surface area contributed by atoms with Crippen LogP contribution in [0.5, 0.6) is 0 Å². The van der Waals surface area contributed by atoms with Crippen molar-refractivity contribution in [2.24, 2.45) is 0 Å². The maximum atomic E-state index is 8.35. The highest BCUT2D eigenvalue weighted by atomic mass is 31.1. The molecule has 0 fully saturated rings. The Bertz CT molecular complexity index is 764. The van der Waals surface area contributed by atoms with Crippen molar-refractivity contribution in [1.82, 2.24) is 0 Å². The maximum Gasteiger partial charge on any atom is 0.231 e. The van der Waals surface area contributed by atoms with Gasteiger partial charge in [0.25, 0.3) is 0 Å². The summed E-state index contributed by atoms with van der Waals surface area (Å²) in [5, 5.41) is 20.4. The average molecular weight is 391 g/mol. The van der Waals surface area contributed by atoms with Crippen molar-refractivity contribution >= 4 is 42.1 Å². The van der Waals surface area contributed by atoms with E-state index in [1.54, 1.807) is 0 Å². The Morgan fingerprint density at radius 1 is 0.464 bits per heavy atom. The summed E-state index contributed by atoms with van der Waals surface area (Å²) in [4.78, 5) is 25.0. The average Bonchev–Trinajstić information content (AvgIpc) is 2.73. The lowest BCUT2D eigenvalue weighted by Crippen LogP contribution is -2.20. The molecular formula is C21H18N3O3P. The van der Waals surface area contributed by atoms with Gasteiger partial charge in [-0.05, 0) is 23.8 Å². The summed E-state index contributed by atoms with van der Waals surface area (Å²) in [6.45, 7) is 0. The van der Waals surface area contributed by atoms with E-state index >= 15 is 0 Å². The van der Waals surface area contributed by atoms with Gasteiger partial charge in [0.15, 0.2) is 0 Å².